The van der Waals surface area contributed by atoms with E-state index in [0.717, 1.165) is 5.56 Å². The number of anilines is 1. The molecule has 0 saturated heterocycles. The molecule has 0 bridgehead atoms. The fourth-order valence-electron chi connectivity index (χ4n) is 2.51. The molecule has 152 valence electrons. The topological polar surface area (TPSA) is 167 Å². The van der Waals surface area contributed by atoms with Crippen molar-refractivity contribution in [1.29, 1.82) is 0 Å². The molecule has 0 fully saturated rings. The predicted octanol–water partition coefficient (Wildman–Crippen LogP) is 0.258. The van der Waals surface area contributed by atoms with E-state index in [1.807, 2.05) is 30.3 Å². The summed E-state index contributed by atoms with van der Waals surface area (Å²) >= 11 is 1.33. The molecule has 2 aromatic heterocycles. The molecule has 2 atom stereocenters. The van der Waals surface area contributed by atoms with Gasteiger partial charge in [0.1, 0.15) is 5.52 Å². The van der Waals surface area contributed by atoms with Crippen molar-refractivity contribution in [2.24, 2.45) is 5.73 Å². The van der Waals surface area contributed by atoms with Crippen LogP contribution in [0.1, 0.15) is 23.0 Å². The summed E-state index contributed by atoms with van der Waals surface area (Å²) in [5, 5.41) is 22.6. The number of nitrogens with zero attached hydrogens (tertiary/aromatic N) is 3. The largest absolute Gasteiger partial charge is 0.394 e. The summed E-state index contributed by atoms with van der Waals surface area (Å²) in [7, 11) is 0. The van der Waals surface area contributed by atoms with E-state index in [1.165, 1.54) is 18.7 Å². The maximum Gasteiger partial charge on any atom is 0.281 e. The lowest BCUT2D eigenvalue weighted by molar-refractivity contribution is 0.0994. The van der Waals surface area contributed by atoms with Crippen molar-refractivity contribution in [3.8, 4) is 0 Å². The first kappa shape index (κ1) is 20.7. The maximum atomic E-state index is 12.1. The number of hydrogen-bond donors (Lipinski definition) is 5. The molecule has 0 unspecified atom stereocenters. The van der Waals surface area contributed by atoms with Gasteiger partial charge in [0.2, 0.25) is 0 Å². The fourth-order valence-corrected chi connectivity index (χ4v) is 3.31. The van der Waals surface area contributed by atoms with E-state index in [-0.39, 0.29) is 23.6 Å². The van der Waals surface area contributed by atoms with Crippen LogP contribution in [0.4, 0.5) is 5.82 Å². The number of nitrogens with one attached hydrogen (secondary N) is 2. The van der Waals surface area contributed by atoms with Gasteiger partial charge in [-0.2, -0.15) is 0 Å². The van der Waals surface area contributed by atoms with Crippen molar-refractivity contribution in [3.05, 3.63) is 51.9 Å². The highest BCUT2D eigenvalue weighted by molar-refractivity contribution is 7.98. The van der Waals surface area contributed by atoms with Gasteiger partial charge in [-0.15, -0.1) is 0 Å². The Morgan fingerprint density at radius 1 is 1.28 bits per heavy atom. The van der Waals surface area contributed by atoms with Gasteiger partial charge in [0.25, 0.3) is 11.5 Å². The number of H-pyrrole nitrogens is 1. The van der Waals surface area contributed by atoms with Crippen molar-refractivity contribution in [3.63, 3.8) is 0 Å². The molecule has 2 heterocycles. The summed E-state index contributed by atoms with van der Waals surface area (Å²) in [5.41, 5.74) is 5.23. The molecule has 0 spiro atoms. The van der Waals surface area contributed by atoms with Crippen molar-refractivity contribution in [2.75, 3.05) is 11.9 Å². The van der Waals surface area contributed by atoms with Gasteiger partial charge in [-0.05, 0) is 12.5 Å². The molecule has 0 aliphatic carbocycles. The Labute approximate surface area is 169 Å². The summed E-state index contributed by atoms with van der Waals surface area (Å²) in [5.74, 6) is -0.247. The molecule has 3 aromatic rings. The summed E-state index contributed by atoms with van der Waals surface area (Å²) < 4.78 is 0. The molecule has 3 rings (SSSR count). The van der Waals surface area contributed by atoms with Crippen LogP contribution in [-0.4, -0.2) is 54.8 Å². The van der Waals surface area contributed by atoms with Crippen LogP contribution in [0.2, 0.25) is 0 Å². The van der Waals surface area contributed by atoms with E-state index in [9.17, 15) is 19.8 Å². The van der Waals surface area contributed by atoms with Crippen LogP contribution in [0.15, 0.2) is 40.3 Å². The van der Waals surface area contributed by atoms with E-state index >= 15 is 0 Å². The molecule has 1 aromatic carbocycles. The average Bonchev–Trinajstić information content (AvgIpc) is 2.70. The van der Waals surface area contributed by atoms with Gasteiger partial charge in [-0.25, -0.2) is 15.0 Å². The highest BCUT2D eigenvalue weighted by Crippen LogP contribution is 2.25. The van der Waals surface area contributed by atoms with Crippen LogP contribution in [0.3, 0.4) is 0 Å². The van der Waals surface area contributed by atoms with E-state index in [1.54, 1.807) is 0 Å². The molecule has 0 saturated carbocycles. The quantitative estimate of drug-likeness (QED) is 0.255. The molecular weight excluding hydrogens is 396 g/mol. The number of rotatable bonds is 8. The number of fused-ring (bicyclic) bond motifs is 1. The normalized spacial score (nSPS) is 13.2. The van der Waals surface area contributed by atoms with Crippen LogP contribution in [0.5, 0.6) is 0 Å². The number of aliphatic hydroxyl groups excluding tert-OH is 2. The molecule has 0 aliphatic rings. The molecular formula is C18H20N6O4S. The molecule has 1 amide bonds. The smallest absolute Gasteiger partial charge is 0.281 e. The first-order valence-electron chi connectivity index (χ1n) is 8.73. The van der Waals surface area contributed by atoms with Gasteiger partial charge < -0.3 is 26.2 Å². The second kappa shape index (κ2) is 8.99. The second-order valence-electron chi connectivity index (χ2n) is 6.28. The fraction of sp³-hybridized carbons (Fsp3) is 0.278. The van der Waals surface area contributed by atoms with Crippen LogP contribution < -0.4 is 16.6 Å². The highest BCUT2D eigenvalue weighted by Gasteiger charge is 2.20. The van der Waals surface area contributed by atoms with E-state index < -0.39 is 29.3 Å². The van der Waals surface area contributed by atoms with Gasteiger partial charge in [-0.3, -0.25) is 9.59 Å². The lowest BCUT2D eigenvalue weighted by atomic mass is 10.2. The molecule has 6 N–H and O–H groups in total. The number of carbonyl (C=O) groups is 1. The van der Waals surface area contributed by atoms with Crippen molar-refractivity contribution in [1.82, 2.24) is 19.9 Å². The second-order valence-corrected chi connectivity index (χ2v) is 7.22. The lowest BCUT2D eigenvalue weighted by Crippen LogP contribution is -2.35. The summed E-state index contributed by atoms with van der Waals surface area (Å²) in [6, 6.07) is 8.94. The summed E-state index contributed by atoms with van der Waals surface area (Å²) in [4.78, 5) is 38.8. The SMILES string of the molecule is C[C@H](O)[C@H](CO)Nc1nc(SCc2ccccc2)nc2[nH]c(=O)c(C(N)=O)nc12. The minimum absolute atomic E-state index is 0.0987. The standard InChI is InChI=1S/C18H20N6O4S/c1-9(26)11(7-25)20-15-13-16(22-17(28)12(21-13)14(19)27)24-18(23-15)29-8-10-5-3-2-4-6-10/h2-6,9,11,25-26H,7-8H2,1H3,(H2,19,27)(H2,20,22,23,24,28)/t9-,11-/m0/s1. The number of primary amides is 1. The number of nitrogens with two attached hydrogens (primary N) is 1. The Morgan fingerprint density at radius 3 is 2.62 bits per heavy atom. The Hall–Kier alpha value is -3.02. The van der Waals surface area contributed by atoms with Crippen LogP contribution in [-0.2, 0) is 5.75 Å². The minimum Gasteiger partial charge on any atom is -0.394 e. The number of aromatic nitrogens is 4. The molecule has 0 radical (unpaired) electrons. The minimum atomic E-state index is -0.990. The Kier molecular flexibility index (Phi) is 6.42. The average molecular weight is 416 g/mol. The zero-order valence-electron chi connectivity index (χ0n) is 15.5. The van der Waals surface area contributed by atoms with E-state index in [2.05, 4.69) is 25.3 Å². The third-order valence-electron chi connectivity index (χ3n) is 4.08. The third-order valence-corrected chi connectivity index (χ3v) is 5.00. The predicted molar refractivity (Wildman–Crippen MR) is 109 cm³/mol. The van der Waals surface area contributed by atoms with Gasteiger partial charge in [0.15, 0.2) is 22.3 Å². The van der Waals surface area contributed by atoms with Crippen molar-refractivity contribution >= 4 is 34.7 Å². The van der Waals surface area contributed by atoms with Crippen LogP contribution >= 0.6 is 11.8 Å². The van der Waals surface area contributed by atoms with Gasteiger partial charge >= 0.3 is 0 Å². The van der Waals surface area contributed by atoms with Gasteiger partial charge in [0, 0.05) is 5.75 Å². The Morgan fingerprint density at radius 2 is 2.00 bits per heavy atom. The number of aromatic amines is 1. The number of hydrogen-bond acceptors (Lipinski definition) is 9. The number of benzene rings is 1. The lowest BCUT2D eigenvalue weighted by Gasteiger charge is -2.20. The molecule has 0 aliphatic heterocycles. The zero-order valence-corrected chi connectivity index (χ0v) is 16.3. The third kappa shape index (κ3) is 4.88. The van der Waals surface area contributed by atoms with Gasteiger partial charge in [-0.1, -0.05) is 42.1 Å². The van der Waals surface area contributed by atoms with Gasteiger partial charge in [0.05, 0.1) is 18.8 Å². The Bertz CT molecular complexity index is 1070. The number of aliphatic hydroxyl groups is 2. The number of amides is 1. The number of carbonyl (C=O) groups excluding carboxylic acids is 1. The first-order chi connectivity index (χ1) is 13.9. The Balaban J connectivity index is 2.05. The van der Waals surface area contributed by atoms with E-state index in [0.29, 0.717) is 10.9 Å². The zero-order chi connectivity index (χ0) is 21.0. The van der Waals surface area contributed by atoms with Crippen molar-refractivity contribution in [2.45, 2.75) is 30.0 Å². The van der Waals surface area contributed by atoms with Crippen LogP contribution in [0.25, 0.3) is 11.2 Å². The summed E-state index contributed by atoms with van der Waals surface area (Å²) in [6.07, 6.45) is -0.899. The molecule has 11 heteroatoms. The number of thioether (sulfide) groups is 1. The summed E-state index contributed by atoms with van der Waals surface area (Å²) in [6.45, 7) is 1.13. The van der Waals surface area contributed by atoms with Crippen LogP contribution in [0, 0.1) is 0 Å². The first-order valence-corrected chi connectivity index (χ1v) is 9.71. The maximum absolute atomic E-state index is 12.1. The molecule has 29 heavy (non-hydrogen) atoms. The molecule has 10 nitrogen and oxygen atoms in total. The van der Waals surface area contributed by atoms with Crippen molar-refractivity contribution < 1.29 is 15.0 Å². The highest BCUT2D eigenvalue weighted by atomic mass is 32.2. The monoisotopic (exact) mass is 416 g/mol. The van der Waals surface area contributed by atoms with E-state index in [4.69, 9.17) is 5.73 Å².